The van der Waals surface area contributed by atoms with Crippen molar-refractivity contribution < 1.29 is 0 Å². The number of nitrogens with zero attached hydrogens (tertiary/aromatic N) is 3. The van der Waals surface area contributed by atoms with Gasteiger partial charge in [0.05, 0.1) is 10.5 Å². The number of pyridine rings is 1. The smallest absolute Gasteiger partial charge is 0.243 e. The highest BCUT2D eigenvalue weighted by molar-refractivity contribution is 9.10. The zero-order valence-electron chi connectivity index (χ0n) is 10.6. The molecule has 3 heterocycles. The zero-order chi connectivity index (χ0) is 13.4. The van der Waals surface area contributed by atoms with E-state index in [2.05, 4.69) is 57.3 Å². The summed E-state index contributed by atoms with van der Waals surface area (Å²) in [6.45, 7) is 4.23. The molecule has 3 aromatic heterocycles. The molecule has 0 amide bonds. The maximum atomic E-state index is 4.48. The minimum Gasteiger partial charge on any atom is -0.346 e. The first kappa shape index (κ1) is 12.6. The molecule has 98 valence electrons. The number of hydrogen-bond donors (Lipinski definition) is 1. The highest BCUT2D eigenvalue weighted by atomic mass is 79.9. The van der Waals surface area contributed by atoms with Crippen molar-refractivity contribution in [2.24, 2.45) is 0 Å². The molecule has 4 nitrogen and oxygen atoms in total. The van der Waals surface area contributed by atoms with Gasteiger partial charge in [-0.2, -0.15) is 4.98 Å². The maximum Gasteiger partial charge on any atom is 0.243 e. The summed E-state index contributed by atoms with van der Waals surface area (Å²) in [5.41, 5.74) is 0.819. The summed E-state index contributed by atoms with van der Waals surface area (Å²) in [5, 5.41) is 7.75. The van der Waals surface area contributed by atoms with Crippen molar-refractivity contribution in [1.82, 2.24) is 14.6 Å². The SMILES string of the molecule is Cc1ccc(C(C)Nc2nc3c(Br)cccn3n2)s1. The van der Waals surface area contributed by atoms with Gasteiger partial charge in [-0.25, -0.2) is 4.52 Å². The van der Waals surface area contributed by atoms with Crippen LogP contribution in [0.15, 0.2) is 34.9 Å². The lowest BCUT2D eigenvalue weighted by Crippen LogP contribution is -2.06. The van der Waals surface area contributed by atoms with Gasteiger partial charge in [0.25, 0.3) is 0 Å². The molecule has 0 fully saturated rings. The predicted octanol–water partition coefficient (Wildman–Crippen LogP) is 4.03. The fourth-order valence-electron chi connectivity index (χ4n) is 1.89. The van der Waals surface area contributed by atoms with E-state index in [1.807, 2.05) is 18.3 Å². The third-order valence-electron chi connectivity index (χ3n) is 2.85. The molecule has 0 bridgehead atoms. The normalized spacial score (nSPS) is 12.8. The van der Waals surface area contributed by atoms with E-state index in [4.69, 9.17) is 0 Å². The van der Waals surface area contributed by atoms with Gasteiger partial charge in [-0.1, -0.05) is 0 Å². The van der Waals surface area contributed by atoms with Crippen LogP contribution in [0.3, 0.4) is 0 Å². The fourth-order valence-corrected chi connectivity index (χ4v) is 3.19. The van der Waals surface area contributed by atoms with Crippen molar-refractivity contribution in [3.63, 3.8) is 0 Å². The highest BCUT2D eigenvalue weighted by Crippen LogP contribution is 2.25. The van der Waals surface area contributed by atoms with Crippen LogP contribution < -0.4 is 5.32 Å². The molecule has 3 aromatic rings. The lowest BCUT2D eigenvalue weighted by molar-refractivity contribution is 0.869. The van der Waals surface area contributed by atoms with Crippen LogP contribution in [-0.2, 0) is 0 Å². The number of thiophene rings is 1. The summed E-state index contributed by atoms with van der Waals surface area (Å²) >= 11 is 5.27. The second kappa shape index (κ2) is 4.94. The van der Waals surface area contributed by atoms with Crippen molar-refractivity contribution >= 4 is 38.9 Å². The van der Waals surface area contributed by atoms with Crippen molar-refractivity contribution in [2.45, 2.75) is 19.9 Å². The van der Waals surface area contributed by atoms with Crippen LogP contribution in [0.25, 0.3) is 5.65 Å². The molecule has 0 spiro atoms. The van der Waals surface area contributed by atoms with Crippen LogP contribution in [0.5, 0.6) is 0 Å². The van der Waals surface area contributed by atoms with Crippen LogP contribution in [-0.4, -0.2) is 14.6 Å². The van der Waals surface area contributed by atoms with Crippen LogP contribution in [0.2, 0.25) is 0 Å². The van der Waals surface area contributed by atoms with Gasteiger partial charge in [0.2, 0.25) is 5.95 Å². The second-order valence-corrected chi connectivity index (χ2v) is 6.55. The Morgan fingerprint density at radius 3 is 2.89 bits per heavy atom. The minimum atomic E-state index is 0.204. The molecule has 1 atom stereocenters. The minimum absolute atomic E-state index is 0.204. The van der Waals surface area contributed by atoms with Gasteiger partial charge in [-0.3, -0.25) is 0 Å². The molecule has 19 heavy (non-hydrogen) atoms. The molecular weight excluding hydrogens is 324 g/mol. The molecule has 0 aliphatic rings. The standard InChI is InChI=1S/C13H13BrN4S/c1-8-5-6-11(19-8)9(2)15-13-16-12-10(14)4-3-7-18(12)17-13/h3-7,9H,1-2H3,(H,15,17). The summed E-state index contributed by atoms with van der Waals surface area (Å²) in [4.78, 5) is 7.08. The molecule has 0 aromatic carbocycles. The van der Waals surface area contributed by atoms with E-state index in [9.17, 15) is 0 Å². The largest absolute Gasteiger partial charge is 0.346 e. The maximum absolute atomic E-state index is 4.48. The Labute approximate surface area is 123 Å². The Hall–Kier alpha value is -1.40. The van der Waals surface area contributed by atoms with Crippen molar-refractivity contribution in [2.75, 3.05) is 5.32 Å². The Bertz CT molecular complexity index is 718. The number of aryl methyl sites for hydroxylation is 1. The molecule has 0 saturated heterocycles. The number of rotatable bonds is 3. The Morgan fingerprint density at radius 2 is 2.21 bits per heavy atom. The first-order valence-electron chi connectivity index (χ1n) is 5.97. The van der Waals surface area contributed by atoms with Gasteiger partial charge in [-0.15, -0.1) is 16.4 Å². The number of halogens is 1. The first-order valence-corrected chi connectivity index (χ1v) is 7.58. The van der Waals surface area contributed by atoms with Gasteiger partial charge >= 0.3 is 0 Å². The van der Waals surface area contributed by atoms with Crippen LogP contribution in [0.1, 0.15) is 22.7 Å². The quantitative estimate of drug-likeness (QED) is 0.784. The zero-order valence-corrected chi connectivity index (χ0v) is 13.0. The lowest BCUT2D eigenvalue weighted by atomic mass is 10.3. The lowest BCUT2D eigenvalue weighted by Gasteiger charge is -2.09. The van der Waals surface area contributed by atoms with Gasteiger partial charge in [-0.05, 0) is 54.0 Å². The van der Waals surface area contributed by atoms with Crippen LogP contribution >= 0.6 is 27.3 Å². The molecule has 0 aliphatic heterocycles. The van der Waals surface area contributed by atoms with E-state index in [0.717, 1.165) is 10.1 Å². The average Bonchev–Trinajstić information content (AvgIpc) is 2.96. The molecule has 0 aliphatic carbocycles. The third-order valence-corrected chi connectivity index (χ3v) is 4.65. The summed E-state index contributed by atoms with van der Waals surface area (Å²) < 4.78 is 2.70. The topological polar surface area (TPSA) is 42.2 Å². The number of anilines is 1. The molecule has 1 unspecified atom stereocenters. The second-order valence-electron chi connectivity index (χ2n) is 4.37. The number of aromatic nitrogens is 3. The van der Waals surface area contributed by atoms with Crippen LogP contribution in [0, 0.1) is 6.92 Å². The Morgan fingerprint density at radius 1 is 1.37 bits per heavy atom. The summed E-state index contributed by atoms with van der Waals surface area (Å²) in [5.74, 6) is 0.644. The molecule has 0 saturated carbocycles. The Kier molecular flexibility index (Phi) is 3.28. The number of fused-ring (bicyclic) bond motifs is 1. The third kappa shape index (κ3) is 2.50. The van der Waals surface area contributed by atoms with E-state index < -0.39 is 0 Å². The molecule has 1 N–H and O–H groups in total. The van der Waals surface area contributed by atoms with Gasteiger partial charge < -0.3 is 5.32 Å². The summed E-state index contributed by atoms with van der Waals surface area (Å²) in [6, 6.07) is 8.37. The highest BCUT2D eigenvalue weighted by Gasteiger charge is 2.11. The van der Waals surface area contributed by atoms with Crippen LogP contribution in [0.4, 0.5) is 5.95 Å². The summed E-state index contributed by atoms with van der Waals surface area (Å²) in [6.07, 6.45) is 1.89. The fraction of sp³-hybridized carbons (Fsp3) is 0.231. The number of hydrogen-bond acceptors (Lipinski definition) is 4. The van der Waals surface area contributed by atoms with Gasteiger partial charge in [0, 0.05) is 16.0 Å². The van der Waals surface area contributed by atoms with E-state index >= 15 is 0 Å². The van der Waals surface area contributed by atoms with Crippen molar-refractivity contribution in [3.05, 3.63) is 44.7 Å². The van der Waals surface area contributed by atoms with E-state index in [1.54, 1.807) is 15.9 Å². The monoisotopic (exact) mass is 336 g/mol. The molecule has 0 radical (unpaired) electrons. The molecule has 3 rings (SSSR count). The van der Waals surface area contributed by atoms with E-state index in [0.29, 0.717) is 5.95 Å². The van der Waals surface area contributed by atoms with E-state index in [1.165, 1.54) is 9.75 Å². The van der Waals surface area contributed by atoms with Gasteiger partial charge in [0.15, 0.2) is 5.65 Å². The van der Waals surface area contributed by atoms with Gasteiger partial charge in [0.1, 0.15) is 0 Å². The first-order chi connectivity index (χ1) is 9.13. The van der Waals surface area contributed by atoms with Crippen molar-refractivity contribution in [3.8, 4) is 0 Å². The molecule has 6 heteroatoms. The van der Waals surface area contributed by atoms with E-state index in [-0.39, 0.29) is 6.04 Å². The molecular formula is C13H13BrN4S. The van der Waals surface area contributed by atoms with Crippen molar-refractivity contribution in [1.29, 1.82) is 0 Å². The Balaban J connectivity index is 1.87. The summed E-state index contributed by atoms with van der Waals surface area (Å²) in [7, 11) is 0. The number of nitrogens with one attached hydrogen (secondary N) is 1. The average molecular weight is 337 g/mol. The predicted molar refractivity (Wildman–Crippen MR) is 81.8 cm³/mol.